The summed E-state index contributed by atoms with van der Waals surface area (Å²) in [4.78, 5) is 14.1. The maximum absolute atomic E-state index is 12.4. The molecule has 1 aliphatic rings. The molecule has 0 saturated carbocycles. The number of hydrogen-bond donors (Lipinski definition) is 2. The van der Waals surface area contributed by atoms with Crippen molar-refractivity contribution in [3.8, 4) is 0 Å². The van der Waals surface area contributed by atoms with Gasteiger partial charge in [-0.15, -0.1) is 0 Å². The normalized spacial score (nSPS) is 16.7. The first-order chi connectivity index (χ1) is 11.5. The number of nitrogens with zero attached hydrogens (tertiary/aromatic N) is 1. The summed E-state index contributed by atoms with van der Waals surface area (Å²) in [6.45, 7) is 1.04. The minimum atomic E-state index is -0.868. The van der Waals surface area contributed by atoms with Crippen LogP contribution in [0.15, 0.2) is 57.5 Å². The van der Waals surface area contributed by atoms with Crippen molar-refractivity contribution in [2.24, 2.45) is 0 Å². The van der Waals surface area contributed by atoms with Gasteiger partial charge in [-0.05, 0) is 48.7 Å². The monoisotopic (exact) mass is 452 g/mol. The predicted molar refractivity (Wildman–Crippen MR) is 102 cm³/mol. The largest absolute Gasteiger partial charge is 0.385 e. The standard InChI is InChI=1S/C18H18Br2N2O2/c19-14-6-4-13(5-7-14)18(24)8-10-22(11-9-18)17(23)21-16-3-1-2-15(20)12-16/h1-7,12,24H,8-11H2,(H,21,23). The van der Waals surface area contributed by atoms with Crippen molar-refractivity contribution in [1.29, 1.82) is 0 Å². The molecule has 3 rings (SSSR count). The number of piperidine rings is 1. The Bertz CT molecular complexity index is 726. The summed E-state index contributed by atoms with van der Waals surface area (Å²) in [6.07, 6.45) is 1.06. The van der Waals surface area contributed by atoms with Crippen LogP contribution in [0.2, 0.25) is 0 Å². The third-order valence-electron chi connectivity index (χ3n) is 4.34. The Labute approximate surface area is 158 Å². The van der Waals surface area contributed by atoms with Crippen molar-refractivity contribution in [1.82, 2.24) is 4.90 Å². The van der Waals surface area contributed by atoms with E-state index in [1.165, 1.54) is 0 Å². The molecule has 1 heterocycles. The molecule has 1 saturated heterocycles. The van der Waals surface area contributed by atoms with Gasteiger partial charge in [0, 0.05) is 27.7 Å². The second kappa shape index (κ2) is 7.25. The van der Waals surface area contributed by atoms with E-state index in [1.807, 2.05) is 48.5 Å². The number of benzene rings is 2. The SMILES string of the molecule is O=C(Nc1cccc(Br)c1)N1CCC(O)(c2ccc(Br)cc2)CC1. The van der Waals surface area contributed by atoms with E-state index in [-0.39, 0.29) is 6.03 Å². The van der Waals surface area contributed by atoms with E-state index in [2.05, 4.69) is 37.2 Å². The van der Waals surface area contributed by atoms with E-state index in [1.54, 1.807) is 4.90 Å². The lowest BCUT2D eigenvalue weighted by Gasteiger charge is -2.38. The first-order valence-electron chi connectivity index (χ1n) is 7.76. The maximum atomic E-state index is 12.4. The number of halogens is 2. The maximum Gasteiger partial charge on any atom is 0.321 e. The van der Waals surface area contributed by atoms with E-state index in [0.717, 1.165) is 20.2 Å². The lowest BCUT2D eigenvalue weighted by molar-refractivity contribution is -0.0157. The number of hydrogen-bond acceptors (Lipinski definition) is 2. The molecule has 0 aliphatic carbocycles. The molecule has 0 bridgehead atoms. The number of aliphatic hydroxyl groups is 1. The van der Waals surface area contributed by atoms with Gasteiger partial charge in [-0.1, -0.05) is 50.1 Å². The Morgan fingerprint density at radius 1 is 1.04 bits per heavy atom. The molecular weight excluding hydrogens is 436 g/mol. The fraction of sp³-hybridized carbons (Fsp3) is 0.278. The van der Waals surface area contributed by atoms with E-state index in [0.29, 0.717) is 25.9 Å². The van der Waals surface area contributed by atoms with Gasteiger partial charge in [0.05, 0.1) is 5.60 Å². The molecule has 2 aromatic carbocycles. The number of likely N-dealkylation sites (tertiary alicyclic amines) is 1. The summed E-state index contributed by atoms with van der Waals surface area (Å²) in [5, 5.41) is 13.8. The van der Waals surface area contributed by atoms with Gasteiger partial charge in [-0.25, -0.2) is 4.79 Å². The van der Waals surface area contributed by atoms with Crippen LogP contribution in [0.5, 0.6) is 0 Å². The van der Waals surface area contributed by atoms with Crippen LogP contribution in [0.4, 0.5) is 10.5 Å². The topological polar surface area (TPSA) is 52.6 Å². The zero-order chi connectivity index (χ0) is 17.2. The molecule has 2 amide bonds. The Morgan fingerprint density at radius 2 is 1.71 bits per heavy atom. The van der Waals surface area contributed by atoms with E-state index in [4.69, 9.17) is 0 Å². The number of anilines is 1. The van der Waals surface area contributed by atoms with Crippen LogP contribution in [0.25, 0.3) is 0 Å². The molecule has 0 aromatic heterocycles. The van der Waals surface area contributed by atoms with Gasteiger partial charge in [0.1, 0.15) is 0 Å². The van der Waals surface area contributed by atoms with Gasteiger partial charge in [0.15, 0.2) is 0 Å². The quantitative estimate of drug-likeness (QED) is 0.690. The molecule has 0 spiro atoms. The van der Waals surface area contributed by atoms with E-state index >= 15 is 0 Å². The number of carbonyl (C=O) groups is 1. The van der Waals surface area contributed by atoms with Gasteiger partial charge >= 0.3 is 6.03 Å². The van der Waals surface area contributed by atoms with Crippen molar-refractivity contribution in [3.05, 3.63) is 63.0 Å². The zero-order valence-corrected chi connectivity index (χ0v) is 16.2. The highest BCUT2D eigenvalue weighted by Crippen LogP contribution is 2.33. The first kappa shape index (κ1) is 17.5. The summed E-state index contributed by atoms with van der Waals surface area (Å²) in [5.41, 5.74) is 0.786. The lowest BCUT2D eigenvalue weighted by Crippen LogP contribution is -2.46. The molecule has 0 unspecified atom stereocenters. The van der Waals surface area contributed by atoms with Crippen LogP contribution < -0.4 is 5.32 Å². The van der Waals surface area contributed by atoms with Gasteiger partial charge in [-0.2, -0.15) is 0 Å². The van der Waals surface area contributed by atoms with Crippen LogP contribution in [0, 0.1) is 0 Å². The first-order valence-corrected chi connectivity index (χ1v) is 9.35. The van der Waals surface area contributed by atoms with Crippen LogP contribution in [-0.2, 0) is 5.60 Å². The number of rotatable bonds is 2. The molecular formula is C18H18Br2N2O2. The van der Waals surface area contributed by atoms with Crippen LogP contribution >= 0.6 is 31.9 Å². The molecule has 0 radical (unpaired) electrons. The lowest BCUT2D eigenvalue weighted by atomic mass is 9.84. The molecule has 24 heavy (non-hydrogen) atoms. The van der Waals surface area contributed by atoms with Crippen molar-refractivity contribution < 1.29 is 9.90 Å². The molecule has 126 valence electrons. The van der Waals surface area contributed by atoms with E-state index < -0.39 is 5.60 Å². The highest BCUT2D eigenvalue weighted by atomic mass is 79.9. The molecule has 4 nitrogen and oxygen atoms in total. The second-order valence-electron chi connectivity index (χ2n) is 5.97. The third kappa shape index (κ3) is 3.99. The Kier molecular flexibility index (Phi) is 5.27. The fourth-order valence-corrected chi connectivity index (χ4v) is 3.56. The third-order valence-corrected chi connectivity index (χ3v) is 5.36. The molecule has 2 aromatic rings. The summed E-state index contributed by atoms with van der Waals surface area (Å²) in [7, 11) is 0. The second-order valence-corrected chi connectivity index (χ2v) is 7.80. The Hall–Kier alpha value is -1.37. The number of urea groups is 1. The van der Waals surface area contributed by atoms with Gasteiger partial charge in [-0.3, -0.25) is 0 Å². The zero-order valence-electron chi connectivity index (χ0n) is 13.0. The molecule has 0 atom stereocenters. The summed E-state index contributed by atoms with van der Waals surface area (Å²) in [6, 6.07) is 15.1. The molecule has 1 fully saturated rings. The molecule has 2 N–H and O–H groups in total. The summed E-state index contributed by atoms with van der Waals surface area (Å²) in [5.74, 6) is 0. The van der Waals surface area contributed by atoms with Crippen LogP contribution in [0.3, 0.4) is 0 Å². The van der Waals surface area contributed by atoms with Gasteiger partial charge < -0.3 is 15.3 Å². The minimum absolute atomic E-state index is 0.133. The van der Waals surface area contributed by atoms with Crippen molar-refractivity contribution in [3.63, 3.8) is 0 Å². The minimum Gasteiger partial charge on any atom is -0.385 e. The van der Waals surface area contributed by atoms with E-state index in [9.17, 15) is 9.90 Å². The van der Waals surface area contributed by atoms with Gasteiger partial charge in [0.2, 0.25) is 0 Å². The number of nitrogens with one attached hydrogen (secondary N) is 1. The average molecular weight is 454 g/mol. The fourth-order valence-electron chi connectivity index (χ4n) is 2.90. The Balaban J connectivity index is 1.62. The summed E-state index contributed by atoms with van der Waals surface area (Å²) >= 11 is 6.80. The highest BCUT2D eigenvalue weighted by Gasteiger charge is 2.35. The summed E-state index contributed by atoms with van der Waals surface area (Å²) < 4.78 is 1.91. The molecule has 1 aliphatic heterocycles. The van der Waals surface area contributed by atoms with Crippen molar-refractivity contribution >= 4 is 43.6 Å². The Morgan fingerprint density at radius 3 is 2.33 bits per heavy atom. The smallest absolute Gasteiger partial charge is 0.321 e. The highest BCUT2D eigenvalue weighted by molar-refractivity contribution is 9.10. The average Bonchev–Trinajstić information content (AvgIpc) is 2.56. The number of amides is 2. The number of carbonyl (C=O) groups excluding carboxylic acids is 1. The van der Waals surface area contributed by atoms with Gasteiger partial charge in [0.25, 0.3) is 0 Å². The van der Waals surface area contributed by atoms with Crippen LogP contribution in [-0.4, -0.2) is 29.1 Å². The molecule has 6 heteroatoms. The predicted octanol–water partition coefficient (Wildman–Crippen LogP) is 4.73. The van der Waals surface area contributed by atoms with Crippen LogP contribution in [0.1, 0.15) is 18.4 Å². The van der Waals surface area contributed by atoms with Crippen molar-refractivity contribution in [2.45, 2.75) is 18.4 Å². The van der Waals surface area contributed by atoms with Crippen molar-refractivity contribution in [2.75, 3.05) is 18.4 Å².